The number of halogens is 1. The largest absolute Gasteiger partial charge is 0.504 e. The molecule has 1 unspecified atom stereocenters. The Morgan fingerprint density at radius 3 is 2.71 bits per heavy atom. The van der Waals surface area contributed by atoms with Gasteiger partial charge in [-0.3, -0.25) is 0 Å². The van der Waals surface area contributed by atoms with Crippen LogP contribution in [-0.2, 0) is 6.42 Å². The van der Waals surface area contributed by atoms with Crippen LogP contribution < -0.4 is 10.5 Å². The molecule has 4 heteroatoms. The second-order valence-corrected chi connectivity index (χ2v) is 4.47. The second-order valence-electron chi connectivity index (χ2n) is 3.31. The van der Waals surface area contributed by atoms with E-state index in [1.807, 2.05) is 19.1 Å². The molecule has 1 aromatic carbocycles. The third-order valence-corrected chi connectivity index (χ3v) is 2.69. The van der Waals surface area contributed by atoms with Crippen molar-refractivity contribution >= 4 is 22.6 Å². The first-order chi connectivity index (χ1) is 6.54. The van der Waals surface area contributed by atoms with Gasteiger partial charge in [0.05, 0.1) is 10.7 Å². The Morgan fingerprint density at radius 1 is 1.57 bits per heavy atom. The van der Waals surface area contributed by atoms with Crippen molar-refractivity contribution in [3.8, 4) is 11.5 Å². The summed E-state index contributed by atoms with van der Waals surface area (Å²) in [5, 5.41) is 9.59. The average Bonchev–Trinajstić information content (AvgIpc) is 2.10. The fourth-order valence-corrected chi connectivity index (χ4v) is 1.94. The highest BCUT2D eigenvalue weighted by Gasteiger charge is 2.09. The van der Waals surface area contributed by atoms with Gasteiger partial charge in [0.2, 0.25) is 0 Å². The highest BCUT2D eigenvalue weighted by Crippen LogP contribution is 2.32. The van der Waals surface area contributed by atoms with Gasteiger partial charge in [-0.1, -0.05) is 0 Å². The van der Waals surface area contributed by atoms with E-state index >= 15 is 0 Å². The molecule has 0 spiro atoms. The number of hydrogen-bond donors (Lipinski definition) is 2. The van der Waals surface area contributed by atoms with Gasteiger partial charge in [0.15, 0.2) is 11.5 Å². The number of methoxy groups -OCH3 is 1. The third kappa shape index (κ3) is 2.75. The van der Waals surface area contributed by atoms with Gasteiger partial charge in [-0.15, -0.1) is 0 Å². The zero-order chi connectivity index (χ0) is 10.7. The van der Waals surface area contributed by atoms with Crippen molar-refractivity contribution in [2.75, 3.05) is 7.11 Å². The fourth-order valence-electron chi connectivity index (χ4n) is 1.27. The maximum absolute atomic E-state index is 9.59. The van der Waals surface area contributed by atoms with Crippen molar-refractivity contribution in [1.29, 1.82) is 0 Å². The third-order valence-electron chi connectivity index (χ3n) is 1.87. The number of phenols is 1. The summed E-state index contributed by atoms with van der Waals surface area (Å²) in [6.07, 6.45) is 0.784. The Bertz CT molecular complexity index is 326. The fraction of sp³-hybridized carbons (Fsp3) is 0.400. The lowest BCUT2D eigenvalue weighted by Gasteiger charge is -2.10. The van der Waals surface area contributed by atoms with Crippen LogP contribution in [0.25, 0.3) is 0 Å². The van der Waals surface area contributed by atoms with Crippen LogP contribution in [0.2, 0.25) is 0 Å². The second kappa shape index (κ2) is 4.84. The Kier molecular flexibility index (Phi) is 4.00. The molecule has 14 heavy (non-hydrogen) atoms. The highest BCUT2D eigenvalue weighted by atomic mass is 127. The molecule has 0 aliphatic heterocycles. The molecule has 0 amide bonds. The summed E-state index contributed by atoms with van der Waals surface area (Å²) >= 11 is 2.07. The van der Waals surface area contributed by atoms with Gasteiger partial charge in [-0.05, 0) is 53.6 Å². The van der Waals surface area contributed by atoms with Crippen molar-refractivity contribution < 1.29 is 9.84 Å². The summed E-state index contributed by atoms with van der Waals surface area (Å²) in [7, 11) is 1.54. The minimum Gasteiger partial charge on any atom is -0.504 e. The zero-order valence-electron chi connectivity index (χ0n) is 8.25. The van der Waals surface area contributed by atoms with E-state index in [2.05, 4.69) is 22.6 Å². The van der Waals surface area contributed by atoms with E-state index in [4.69, 9.17) is 10.5 Å². The van der Waals surface area contributed by atoms with Gasteiger partial charge in [0, 0.05) is 6.04 Å². The van der Waals surface area contributed by atoms with Gasteiger partial charge < -0.3 is 15.6 Å². The quantitative estimate of drug-likeness (QED) is 0.839. The highest BCUT2D eigenvalue weighted by molar-refractivity contribution is 14.1. The number of hydrogen-bond acceptors (Lipinski definition) is 3. The minimum absolute atomic E-state index is 0.111. The number of benzene rings is 1. The van der Waals surface area contributed by atoms with Crippen molar-refractivity contribution in [2.24, 2.45) is 5.73 Å². The van der Waals surface area contributed by atoms with Gasteiger partial charge in [0.25, 0.3) is 0 Å². The van der Waals surface area contributed by atoms with Gasteiger partial charge in [-0.25, -0.2) is 0 Å². The molecule has 1 atom stereocenters. The van der Waals surface area contributed by atoms with E-state index in [-0.39, 0.29) is 11.8 Å². The van der Waals surface area contributed by atoms with Gasteiger partial charge in [-0.2, -0.15) is 0 Å². The van der Waals surface area contributed by atoms with Crippen LogP contribution in [-0.4, -0.2) is 18.3 Å². The molecule has 0 radical (unpaired) electrons. The molecule has 1 aromatic rings. The number of rotatable bonds is 3. The first-order valence-electron chi connectivity index (χ1n) is 4.35. The normalized spacial score (nSPS) is 12.6. The number of nitrogens with two attached hydrogens (primary N) is 1. The monoisotopic (exact) mass is 307 g/mol. The SMILES string of the molecule is COc1cc(CC(C)N)cc(I)c1O. The molecule has 0 aliphatic carbocycles. The predicted octanol–water partition coefficient (Wildman–Crippen LogP) is 1.90. The zero-order valence-corrected chi connectivity index (χ0v) is 10.4. The van der Waals surface area contributed by atoms with Gasteiger partial charge in [0.1, 0.15) is 0 Å². The van der Waals surface area contributed by atoms with E-state index in [9.17, 15) is 5.11 Å². The van der Waals surface area contributed by atoms with Gasteiger partial charge >= 0.3 is 0 Å². The first-order valence-corrected chi connectivity index (χ1v) is 5.43. The predicted molar refractivity (Wildman–Crippen MR) is 64.7 cm³/mol. The summed E-state index contributed by atoms with van der Waals surface area (Å²) in [5.74, 6) is 0.703. The van der Waals surface area contributed by atoms with E-state index in [0.717, 1.165) is 15.6 Å². The Morgan fingerprint density at radius 2 is 2.21 bits per heavy atom. The molecule has 0 bridgehead atoms. The summed E-state index contributed by atoms with van der Waals surface area (Å²) < 4.78 is 5.84. The van der Waals surface area contributed by atoms with Crippen LogP contribution in [0.3, 0.4) is 0 Å². The van der Waals surface area contributed by atoms with E-state index in [1.165, 1.54) is 0 Å². The molecule has 1 rings (SSSR count). The molecule has 0 fully saturated rings. The molecule has 0 saturated carbocycles. The average molecular weight is 307 g/mol. The van der Waals surface area contributed by atoms with Crippen LogP contribution in [0.5, 0.6) is 11.5 Å². The summed E-state index contributed by atoms with van der Waals surface area (Å²) in [5.41, 5.74) is 6.78. The first kappa shape index (κ1) is 11.6. The van der Waals surface area contributed by atoms with Crippen LogP contribution in [0.15, 0.2) is 12.1 Å². The summed E-state index contributed by atoms with van der Waals surface area (Å²) in [6.45, 7) is 1.95. The van der Waals surface area contributed by atoms with Crippen molar-refractivity contribution in [2.45, 2.75) is 19.4 Å². The summed E-state index contributed by atoms with van der Waals surface area (Å²) in [6, 6.07) is 3.85. The lowest BCUT2D eigenvalue weighted by Crippen LogP contribution is -2.17. The molecular weight excluding hydrogens is 293 g/mol. The minimum atomic E-state index is 0.111. The molecule has 0 saturated heterocycles. The number of phenolic OH excluding ortho intramolecular Hbond substituents is 1. The van der Waals surface area contributed by atoms with Crippen LogP contribution in [0.4, 0.5) is 0 Å². The maximum atomic E-state index is 9.59. The Balaban J connectivity index is 3.03. The van der Waals surface area contributed by atoms with Crippen LogP contribution in [0.1, 0.15) is 12.5 Å². The lowest BCUT2D eigenvalue weighted by molar-refractivity contribution is 0.371. The lowest BCUT2D eigenvalue weighted by atomic mass is 10.1. The number of aromatic hydroxyl groups is 1. The van der Waals surface area contributed by atoms with E-state index in [1.54, 1.807) is 7.11 Å². The topological polar surface area (TPSA) is 55.5 Å². The molecule has 0 aromatic heterocycles. The molecule has 3 N–H and O–H groups in total. The van der Waals surface area contributed by atoms with Crippen molar-refractivity contribution in [3.05, 3.63) is 21.3 Å². The van der Waals surface area contributed by atoms with Crippen LogP contribution in [0, 0.1) is 3.57 Å². The van der Waals surface area contributed by atoms with E-state index < -0.39 is 0 Å². The Labute approximate surface area is 97.4 Å². The number of ether oxygens (including phenoxy) is 1. The molecule has 0 heterocycles. The van der Waals surface area contributed by atoms with E-state index in [0.29, 0.717) is 5.75 Å². The van der Waals surface area contributed by atoms with Crippen LogP contribution >= 0.6 is 22.6 Å². The smallest absolute Gasteiger partial charge is 0.171 e. The van der Waals surface area contributed by atoms with Crippen molar-refractivity contribution in [1.82, 2.24) is 0 Å². The molecule has 78 valence electrons. The molecule has 0 aliphatic rings. The standard InChI is InChI=1S/C10H14INO2/c1-6(12)3-7-4-8(11)10(13)9(5-7)14-2/h4-6,13H,3,12H2,1-2H3. The maximum Gasteiger partial charge on any atom is 0.171 e. The van der Waals surface area contributed by atoms with Crippen molar-refractivity contribution in [3.63, 3.8) is 0 Å². The molecular formula is C10H14INO2. The molecule has 3 nitrogen and oxygen atoms in total. The summed E-state index contributed by atoms with van der Waals surface area (Å²) in [4.78, 5) is 0. The Hall–Kier alpha value is -0.490.